The van der Waals surface area contributed by atoms with Crippen LogP contribution in [0.25, 0.3) is 0 Å². The fraction of sp³-hybridized carbons (Fsp3) is 0.811. The minimum absolute atomic E-state index is 0.00723. The van der Waals surface area contributed by atoms with Gasteiger partial charge in [-0.05, 0) is 92.3 Å². The van der Waals surface area contributed by atoms with E-state index >= 15 is 0 Å². The first kappa shape index (κ1) is 40.4. The van der Waals surface area contributed by atoms with E-state index in [0.717, 1.165) is 65.9 Å². The summed E-state index contributed by atoms with van der Waals surface area (Å²) in [5.74, 6) is -1.71. The van der Waals surface area contributed by atoms with Gasteiger partial charge in [0.05, 0.1) is 18.9 Å². The number of esters is 5. The lowest BCUT2D eigenvalue weighted by Crippen LogP contribution is -2.64. The maximum atomic E-state index is 12.9. The van der Waals surface area contributed by atoms with Crippen molar-refractivity contribution in [2.75, 3.05) is 13.7 Å². The van der Waals surface area contributed by atoms with E-state index < -0.39 is 66.6 Å². The average Bonchev–Trinajstić information content (AvgIpc) is 3.43. The van der Waals surface area contributed by atoms with Crippen LogP contribution < -0.4 is 11.2 Å². The summed E-state index contributed by atoms with van der Waals surface area (Å²) in [5, 5.41) is 4.32. The molecule has 16 heteroatoms. The minimum Gasteiger partial charge on any atom is -0.467 e. The molecule has 0 spiro atoms. The maximum Gasteiger partial charge on any atom is 0.339 e. The molecular weight excluding hydrogens is 694 g/mol. The van der Waals surface area contributed by atoms with Gasteiger partial charge < -0.3 is 38.9 Å². The van der Waals surface area contributed by atoms with Gasteiger partial charge in [0.15, 0.2) is 30.7 Å². The van der Waals surface area contributed by atoms with Crippen molar-refractivity contribution >= 4 is 41.6 Å². The van der Waals surface area contributed by atoms with E-state index in [-0.39, 0.29) is 29.5 Å². The van der Waals surface area contributed by atoms with Crippen molar-refractivity contribution in [1.82, 2.24) is 5.43 Å². The number of nitrogens with zero attached hydrogens (tertiary/aromatic N) is 1. The van der Waals surface area contributed by atoms with E-state index in [0.29, 0.717) is 42.2 Å². The molecule has 13 atom stereocenters. The summed E-state index contributed by atoms with van der Waals surface area (Å²) in [6.07, 6.45) is 0.869. The van der Waals surface area contributed by atoms with E-state index in [1.807, 2.05) is 0 Å². The molecule has 8 unspecified atom stereocenters. The largest absolute Gasteiger partial charge is 0.467 e. The Bertz CT molecular complexity index is 1470. The van der Waals surface area contributed by atoms with Gasteiger partial charge >= 0.3 is 35.9 Å². The number of rotatable bonds is 10. The summed E-state index contributed by atoms with van der Waals surface area (Å²) < 4.78 is 39.4. The van der Waals surface area contributed by atoms with Crippen LogP contribution in [0, 0.1) is 40.4 Å². The van der Waals surface area contributed by atoms with Gasteiger partial charge in [-0.25, -0.2) is 15.0 Å². The number of hydrogen-bond acceptors (Lipinski definition) is 14. The number of fused-ring (bicyclic) bond motifs is 5. The van der Waals surface area contributed by atoms with Crippen LogP contribution in [0.3, 0.4) is 0 Å². The highest BCUT2D eigenvalue weighted by Crippen LogP contribution is 2.67. The monoisotopic (exact) mass is 749 g/mol. The standard InChI is InChI=1S/C37H55N3O13/c1-18(41)48-17-28(39-40-35(38)46)27-11-10-25-24-9-8-22-16-23(12-14-36(22,5)26(24)13-15-37(25,27)6)52-34-32(51-21(4)44)30(50-20(3)43)29(49-19(2)42)31(53-34)33(45)47-7/h22-27,29-32,34H,8-17H2,1-7H3,(H3,38,40,46)/t22?,23-,24?,25?,26?,27?,29+,30+,31?,32-,34-,36?,37?/m1/s1. The molecule has 1 heterocycles. The molecule has 5 rings (SSSR count). The fourth-order valence-electron chi connectivity index (χ4n) is 10.8. The lowest BCUT2D eigenvalue weighted by molar-refractivity contribution is -0.315. The van der Waals surface area contributed by atoms with Crippen molar-refractivity contribution in [3.8, 4) is 0 Å². The Balaban J connectivity index is 1.33. The number of primary amides is 1. The average molecular weight is 750 g/mol. The van der Waals surface area contributed by atoms with Crippen LogP contribution in [0.1, 0.15) is 99.3 Å². The van der Waals surface area contributed by atoms with Crippen molar-refractivity contribution in [3.05, 3.63) is 0 Å². The zero-order chi connectivity index (χ0) is 38.8. The van der Waals surface area contributed by atoms with Crippen LogP contribution in [0.15, 0.2) is 5.10 Å². The number of hydrogen-bond donors (Lipinski definition) is 2. The van der Waals surface area contributed by atoms with Crippen LogP contribution in [0.4, 0.5) is 4.79 Å². The number of nitrogens with two attached hydrogens (primary N) is 1. The first-order chi connectivity index (χ1) is 25.0. The number of amides is 2. The molecular formula is C37H55N3O13. The van der Waals surface area contributed by atoms with E-state index in [1.54, 1.807) is 0 Å². The normalized spacial score (nSPS) is 39.2. The van der Waals surface area contributed by atoms with Gasteiger partial charge in [-0.2, -0.15) is 5.10 Å². The predicted molar refractivity (Wildman–Crippen MR) is 184 cm³/mol. The van der Waals surface area contributed by atoms with Gasteiger partial charge in [0.25, 0.3) is 0 Å². The maximum absolute atomic E-state index is 12.9. The number of nitrogens with one attached hydrogen (secondary N) is 1. The van der Waals surface area contributed by atoms with Gasteiger partial charge in [-0.3, -0.25) is 19.2 Å². The summed E-state index contributed by atoms with van der Waals surface area (Å²) >= 11 is 0. The van der Waals surface area contributed by atoms with Crippen molar-refractivity contribution in [2.24, 2.45) is 51.3 Å². The molecule has 0 aromatic carbocycles. The van der Waals surface area contributed by atoms with Crippen LogP contribution in [0.5, 0.6) is 0 Å². The van der Waals surface area contributed by atoms with Crippen LogP contribution in [-0.2, 0) is 57.1 Å². The number of carbonyl (C=O) groups is 6. The molecule has 53 heavy (non-hydrogen) atoms. The minimum atomic E-state index is -1.51. The molecule has 5 fully saturated rings. The third kappa shape index (κ3) is 8.48. The Morgan fingerprint density at radius 3 is 2.02 bits per heavy atom. The van der Waals surface area contributed by atoms with E-state index in [4.69, 9.17) is 38.9 Å². The predicted octanol–water partition coefficient (Wildman–Crippen LogP) is 3.31. The second-order valence-corrected chi connectivity index (χ2v) is 15.9. The van der Waals surface area contributed by atoms with Crippen LogP contribution in [-0.4, -0.2) is 92.1 Å². The molecule has 4 aliphatic carbocycles. The Morgan fingerprint density at radius 2 is 1.40 bits per heavy atom. The highest BCUT2D eigenvalue weighted by Gasteiger charge is 2.62. The molecule has 16 nitrogen and oxygen atoms in total. The van der Waals surface area contributed by atoms with Crippen LogP contribution >= 0.6 is 0 Å². The third-order valence-electron chi connectivity index (χ3n) is 12.9. The molecule has 5 aliphatic rings. The van der Waals surface area contributed by atoms with E-state index in [1.165, 1.54) is 13.8 Å². The van der Waals surface area contributed by atoms with Gasteiger partial charge in [-0.1, -0.05) is 13.8 Å². The first-order valence-corrected chi connectivity index (χ1v) is 18.6. The molecule has 0 aromatic heterocycles. The number of methoxy groups -OCH3 is 1. The smallest absolute Gasteiger partial charge is 0.339 e. The van der Waals surface area contributed by atoms with Crippen LogP contribution in [0.2, 0.25) is 0 Å². The zero-order valence-corrected chi connectivity index (χ0v) is 31.8. The summed E-state index contributed by atoms with van der Waals surface area (Å²) in [4.78, 5) is 72.7. The molecule has 4 saturated carbocycles. The Kier molecular flexibility index (Phi) is 12.4. The van der Waals surface area contributed by atoms with Gasteiger partial charge in [0, 0.05) is 33.6 Å². The highest BCUT2D eigenvalue weighted by atomic mass is 16.7. The summed E-state index contributed by atoms with van der Waals surface area (Å²) in [5.41, 5.74) is 8.29. The zero-order valence-electron chi connectivity index (χ0n) is 31.8. The summed E-state index contributed by atoms with van der Waals surface area (Å²) in [7, 11) is 1.15. The lowest BCUT2D eigenvalue weighted by Gasteiger charge is -2.61. The van der Waals surface area contributed by atoms with Gasteiger partial charge in [-0.15, -0.1) is 0 Å². The van der Waals surface area contributed by atoms with E-state index in [9.17, 15) is 28.8 Å². The quantitative estimate of drug-likeness (QED) is 0.108. The van der Waals surface area contributed by atoms with Crippen molar-refractivity contribution in [3.63, 3.8) is 0 Å². The molecule has 296 valence electrons. The molecule has 3 N–H and O–H groups in total. The van der Waals surface area contributed by atoms with Gasteiger partial charge in [0.1, 0.15) is 6.61 Å². The van der Waals surface area contributed by atoms with Crippen molar-refractivity contribution in [1.29, 1.82) is 0 Å². The first-order valence-electron chi connectivity index (χ1n) is 18.6. The fourth-order valence-corrected chi connectivity index (χ4v) is 10.8. The Hall–Kier alpha value is -3.79. The second kappa shape index (κ2) is 16.3. The van der Waals surface area contributed by atoms with E-state index in [2.05, 4.69) is 24.4 Å². The summed E-state index contributed by atoms with van der Waals surface area (Å²) in [6, 6.07) is -0.768. The second-order valence-electron chi connectivity index (χ2n) is 15.9. The molecule has 1 saturated heterocycles. The number of hydrazone groups is 1. The third-order valence-corrected chi connectivity index (χ3v) is 12.9. The SMILES string of the molecule is COC(=O)C1O[C@@H](O[C@@H]2CCC3(C)C(CCC4C3CCC3(C)C(C(COC(C)=O)=NNC(N)=O)CCC43)C2)[C@H](OC(C)=O)[C@@H](OC(C)=O)[C@@H]1OC(C)=O. The molecule has 2 amide bonds. The Labute approximate surface area is 309 Å². The van der Waals surface area contributed by atoms with Crippen molar-refractivity contribution in [2.45, 2.75) is 136 Å². The number of ether oxygens (including phenoxy) is 7. The van der Waals surface area contributed by atoms with Crippen molar-refractivity contribution < 1.29 is 61.9 Å². The lowest BCUT2D eigenvalue weighted by atomic mass is 9.44. The molecule has 1 aliphatic heterocycles. The highest BCUT2D eigenvalue weighted by molar-refractivity contribution is 5.91. The van der Waals surface area contributed by atoms with Gasteiger partial charge in [0.2, 0.25) is 0 Å². The molecule has 0 aromatic rings. The molecule has 0 bridgehead atoms. The topological polar surface area (TPSA) is 217 Å². The number of urea groups is 1. The Morgan fingerprint density at radius 1 is 0.774 bits per heavy atom. The molecule has 0 radical (unpaired) electrons. The number of carbonyl (C=O) groups excluding carboxylic acids is 6. The summed E-state index contributed by atoms with van der Waals surface area (Å²) in [6.45, 7) is 9.55.